The first-order valence-corrected chi connectivity index (χ1v) is 6.57. The zero-order valence-corrected chi connectivity index (χ0v) is 10.6. The first-order valence-electron chi connectivity index (χ1n) is 6.57. The van der Waals surface area contributed by atoms with Gasteiger partial charge in [-0.3, -0.25) is 0 Å². The Hall–Kier alpha value is -1.22. The normalized spacial score (nSPS) is 15.0. The van der Waals surface area contributed by atoms with Gasteiger partial charge in [-0.1, -0.05) is 12.1 Å². The van der Waals surface area contributed by atoms with Crippen molar-refractivity contribution in [2.45, 2.75) is 19.8 Å². The van der Waals surface area contributed by atoms with Crippen LogP contribution in [-0.2, 0) is 4.74 Å². The van der Waals surface area contributed by atoms with Crippen molar-refractivity contribution in [2.75, 3.05) is 43.1 Å². The molecule has 0 radical (unpaired) electrons. The third-order valence-corrected chi connectivity index (χ3v) is 3.09. The molecule has 3 heteroatoms. The van der Waals surface area contributed by atoms with Crippen LogP contribution < -0.4 is 10.2 Å². The molecular weight excluding hydrogens is 212 g/mol. The molecule has 1 aliphatic rings. The van der Waals surface area contributed by atoms with Gasteiger partial charge in [0.2, 0.25) is 0 Å². The lowest BCUT2D eigenvalue weighted by atomic mass is 10.2. The van der Waals surface area contributed by atoms with E-state index in [4.69, 9.17) is 4.74 Å². The third-order valence-electron chi connectivity index (χ3n) is 3.09. The number of nitrogens with one attached hydrogen (secondary N) is 1. The molecule has 0 saturated heterocycles. The Balaban J connectivity index is 1.97. The maximum atomic E-state index is 5.40. The topological polar surface area (TPSA) is 24.5 Å². The van der Waals surface area contributed by atoms with Crippen LogP contribution in [0.15, 0.2) is 24.3 Å². The summed E-state index contributed by atoms with van der Waals surface area (Å²) in [5.41, 5.74) is 2.60. The highest BCUT2D eigenvalue weighted by atomic mass is 16.5. The number of nitrogens with zero attached hydrogens (tertiary/aromatic N) is 1. The SMILES string of the molecule is CCOCCCN1CCCNc2ccccc21. The number of anilines is 2. The molecule has 17 heavy (non-hydrogen) atoms. The number of rotatable bonds is 5. The van der Waals surface area contributed by atoms with Gasteiger partial charge in [-0.05, 0) is 31.9 Å². The summed E-state index contributed by atoms with van der Waals surface area (Å²) in [4.78, 5) is 2.47. The smallest absolute Gasteiger partial charge is 0.0602 e. The Labute approximate surface area is 104 Å². The molecule has 0 spiro atoms. The Kier molecular flexibility index (Phi) is 4.68. The van der Waals surface area contributed by atoms with Gasteiger partial charge in [0.15, 0.2) is 0 Å². The van der Waals surface area contributed by atoms with E-state index < -0.39 is 0 Å². The van der Waals surface area contributed by atoms with Crippen molar-refractivity contribution >= 4 is 11.4 Å². The molecule has 0 amide bonds. The van der Waals surface area contributed by atoms with Crippen molar-refractivity contribution < 1.29 is 4.74 Å². The first-order chi connectivity index (χ1) is 8.42. The second-order valence-corrected chi connectivity index (χ2v) is 4.34. The molecule has 0 aromatic heterocycles. The fraction of sp³-hybridized carbons (Fsp3) is 0.571. The van der Waals surface area contributed by atoms with E-state index in [1.54, 1.807) is 0 Å². The maximum absolute atomic E-state index is 5.40. The van der Waals surface area contributed by atoms with Crippen LogP contribution in [0.5, 0.6) is 0 Å². The fourth-order valence-electron chi connectivity index (χ4n) is 2.25. The van der Waals surface area contributed by atoms with E-state index in [1.807, 2.05) is 6.92 Å². The molecule has 1 N–H and O–H groups in total. The molecule has 1 aromatic rings. The van der Waals surface area contributed by atoms with Gasteiger partial charge in [-0.2, -0.15) is 0 Å². The van der Waals surface area contributed by atoms with E-state index in [9.17, 15) is 0 Å². The molecule has 94 valence electrons. The third kappa shape index (κ3) is 3.37. The van der Waals surface area contributed by atoms with E-state index >= 15 is 0 Å². The molecule has 1 aromatic carbocycles. The molecule has 2 rings (SSSR count). The molecule has 0 saturated carbocycles. The Morgan fingerprint density at radius 3 is 3.12 bits per heavy atom. The van der Waals surface area contributed by atoms with E-state index in [0.717, 1.165) is 39.3 Å². The number of ether oxygens (including phenoxy) is 1. The van der Waals surface area contributed by atoms with Crippen molar-refractivity contribution in [2.24, 2.45) is 0 Å². The summed E-state index contributed by atoms with van der Waals surface area (Å²) in [5.74, 6) is 0. The van der Waals surface area contributed by atoms with Crippen molar-refractivity contribution in [1.82, 2.24) is 0 Å². The van der Waals surface area contributed by atoms with Crippen LogP contribution in [0.25, 0.3) is 0 Å². The molecule has 0 unspecified atom stereocenters. The van der Waals surface area contributed by atoms with Crippen LogP contribution in [0.4, 0.5) is 11.4 Å². The molecule has 0 bridgehead atoms. The number of benzene rings is 1. The van der Waals surface area contributed by atoms with Gasteiger partial charge in [0.05, 0.1) is 11.4 Å². The highest BCUT2D eigenvalue weighted by molar-refractivity contribution is 5.70. The number of fused-ring (bicyclic) bond motifs is 1. The minimum Gasteiger partial charge on any atom is -0.383 e. The summed E-state index contributed by atoms with van der Waals surface area (Å²) in [5, 5.41) is 3.48. The van der Waals surface area contributed by atoms with Gasteiger partial charge >= 0.3 is 0 Å². The summed E-state index contributed by atoms with van der Waals surface area (Å²) >= 11 is 0. The predicted octanol–water partition coefficient (Wildman–Crippen LogP) is 2.74. The predicted molar refractivity (Wildman–Crippen MR) is 72.9 cm³/mol. The van der Waals surface area contributed by atoms with Gasteiger partial charge in [0, 0.05) is 32.8 Å². The van der Waals surface area contributed by atoms with E-state index in [-0.39, 0.29) is 0 Å². The quantitative estimate of drug-likeness (QED) is 0.793. The van der Waals surface area contributed by atoms with Crippen LogP contribution >= 0.6 is 0 Å². The number of para-hydroxylation sites is 2. The summed E-state index contributed by atoms with van der Waals surface area (Å²) in [6.07, 6.45) is 2.30. The van der Waals surface area contributed by atoms with Gasteiger partial charge in [0.25, 0.3) is 0 Å². The zero-order valence-electron chi connectivity index (χ0n) is 10.6. The molecule has 1 heterocycles. The number of hydrogen-bond donors (Lipinski definition) is 1. The van der Waals surface area contributed by atoms with Crippen LogP contribution in [-0.4, -0.2) is 32.8 Å². The zero-order chi connectivity index (χ0) is 11.9. The Morgan fingerprint density at radius 1 is 1.35 bits per heavy atom. The van der Waals surface area contributed by atoms with E-state index in [2.05, 4.69) is 34.5 Å². The van der Waals surface area contributed by atoms with Crippen molar-refractivity contribution in [1.29, 1.82) is 0 Å². The van der Waals surface area contributed by atoms with Gasteiger partial charge in [0.1, 0.15) is 0 Å². The lowest BCUT2D eigenvalue weighted by molar-refractivity contribution is 0.146. The average Bonchev–Trinajstić information content (AvgIpc) is 2.57. The second kappa shape index (κ2) is 6.50. The lowest BCUT2D eigenvalue weighted by Gasteiger charge is -2.24. The minimum absolute atomic E-state index is 0.818. The monoisotopic (exact) mass is 234 g/mol. The van der Waals surface area contributed by atoms with Crippen molar-refractivity contribution in [3.05, 3.63) is 24.3 Å². The van der Waals surface area contributed by atoms with Gasteiger partial charge < -0.3 is 15.0 Å². The standard InChI is InChI=1S/C14H22N2O/c1-2-17-12-6-11-16-10-5-9-15-13-7-3-4-8-14(13)16/h3-4,7-8,15H,2,5-6,9-12H2,1H3. The van der Waals surface area contributed by atoms with E-state index in [0.29, 0.717) is 0 Å². The molecule has 0 atom stereocenters. The van der Waals surface area contributed by atoms with Crippen molar-refractivity contribution in [3.63, 3.8) is 0 Å². The fourth-order valence-corrected chi connectivity index (χ4v) is 2.25. The minimum atomic E-state index is 0.818. The highest BCUT2D eigenvalue weighted by Crippen LogP contribution is 2.27. The second-order valence-electron chi connectivity index (χ2n) is 4.34. The highest BCUT2D eigenvalue weighted by Gasteiger charge is 2.13. The lowest BCUT2D eigenvalue weighted by Crippen LogP contribution is -2.26. The average molecular weight is 234 g/mol. The van der Waals surface area contributed by atoms with Crippen molar-refractivity contribution in [3.8, 4) is 0 Å². The summed E-state index contributed by atoms with van der Waals surface area (Å²) in [6, 6.07) is 8.57. The molecule has 0 aliphatic carbocycles. The Bertz CT molecular complexity index is 341. The van der Waals surface area contributed by atoms with Crippen LogP contribution in [0.2, 0.25) is 0 Å². The molecule has 1 aliphatic heterocycles. The summed E-state index contributed by atoms with van der Waals surface area (Å²) < 4.78 is 5.40. The Morgan fingerprint density at radius 2 is 2.24 bits per heavy atom. The summed E-state index contributed by atoms with van der Waals surface area (Å²) in [6.45, 7) is 7.01. The largest absolute Gasteiger partial charge is 0.383 e. The van der Waals surface area contributed by atoms with Crippen LogP contribution in [0, 0.1) is 0 Å². The van der Waals surface area contributed by atoms with Gasteiger partial charge in [-0.15, -0.1) is 0 Å². The first kappa shape index (κ1) is 12.2. The van der Waals surface area contributed by atoms with E-state index in [1.165, 1.54) is 17.8 Å². The molecular formula is C14H22N2O. The van der Waals surface area contributed by atoms with Crippen LogP contribution in [0.3, 0.4) is 0 Å². The van der Waals surface area contributed by atoms with Crippen LogP contribution in [0.1, 0.15) is 19.8 Å². The maximum Gasteiger partial charge on any atom is 0.0602 e. The molecule has 3 nitrogen and oxygen atoms in total. The van der Waals surface area contributed by atoms with Gasteiger partial charge in [-0.25, -0.2) is 0 Å². The molecule has 0 fully saturated rings. The number of hydrogen-bond acceptors (Lipinski definition) is 3. The summed E-state index contributed by atoms with van der Waals surface area (Å²) in [7, 11) is 0.